The first-order chi connectivity index (χ1) is 15.1. The highest BCUT2D eigenvalue weighted by molar-refractivity contribution is 8.17. The fourth-order valence-corrected chi connectivity index (χ4v) is 11.0. The zero-order chi connectivity index (χ0) is 20.8. The Labute approximate surface area is 193 Å². The van der Waals surface area contributed by atoms with Gasteiger partial charge in [0.05, 0.1) is 11.7 Å². The normalized spacial score (nSPS) is 41.5. The summed E-state index contributed by atoms with van der Waals surface area (Å²) in [6.45, 7) is 2.42. The fourth-order valence-electron chi connectivity index (χ4n) is 7.72. The van der Waals surface area contributed by atoms with Gasteiger partial charge < -0.3 is 14.6 Å². The van der Waals surface area contributed by atoms with Gasteiger partial charge in [-0.3, -0.25) is 4.90 Å². The largest absolute Gasteiger partial charge is 0.493 e. The molecule has 1 aromatic rings. The molecule has 0 aromatic heterocycles. The Hall–Kier alpha value is -0.560. The molecule has 5 atom stereocenters. The smallest absolute Gasteiger partial charge is 0.165 e. The third-order valence-electron chi connectivity index (χ3n) is 9.17. The molecule has 6 heteroatoms. The van der Waals surface area contributed by atoms with E-state index in [1.807, 2.05) is 23.5 Å². The van der Waals surface area contributed by atoms with E-state index in [1.165, 1.54) is 36.9 Å². The van der Waals surface area contributed by atoms with Crippen LogP contribution >= 0.6 is 23.5 Å². The number of aliphatic hydroxyl groups is 1. The molecule has 3 aliphatic carbocycles. The van der Waals surface area contributed by atoms with E-state index in [0.29, 0.717) is 12.0 Å². The van der Waals surface area contributed by atoms with Gasteiger partial charge >= 0.3 is 0 Å². The lowest BCUT2D eigenvalue weighted by molar-refractivity contribution is -0.152. The molecule has 1 aromatic carbocycles. The van der Waals surface area contributed by atoms with Gasteiger partial charge in [-0.25, -0.2) is 0 Å². The molecule has 0 radical (unpaired) electrons. The van der Waals surface area contributed by atoms with Crippen LogP contribution in [-0.2, 0) is 11.8 Å². The minimum Gasteiger partial charge on any atom is -0.493 e. The van der Waals surface area contributed by atoms with Crippen molar-refractivity contribution in [1.82, 2.24) is 4.90 Å². The molecule has 2 bridgehead atoms. The number of hydrogen-bond donors (Lipinski definition) is 1. The number of likely N-dealkylation sites (tertiary alicyclic amines) is 1. The number of nitrogens with zero attached hydrogens (tertiary/aromatic N) is 1. The van der Waals surface area contributed by atoms with Gasteiger partial charge in [0, 0.05) is 23.6 Å². The molecule has 7 rings (SSSR count). The minimum atomic E-state index is -0.770. The third-order valence-corrected chi connectivity index (χ3v) is 12.5. The standard InChI is InChI=1S/C25H33NO3S2/c1-28-19-6-5-16-13-18-17-7-8-25(27,23-30-11-2-12-31-23)22-24(17,20(16)21(19)29-22)9-10-26(18)14-15-3-4-15/h5-6,15,17-18,22-23,27H,2-4,7-14H2,1H3/t17-,18+,22+,24-,25-/m0/s1. The molecule has 1 spiro atoms. The summed E-state index contributed by atoms with van der Waals surface area (Å²) in [5.74, 6) is 5.63. The minimum absolute atomic E-state index is 0.0479. The van der Waals surface area contributed by atoms with Gasteiger partial charge in [0.1, 0.15) is 11.7 Å². The van der Waals surface area contributed by atoms with Crippen molar-refractivity contribution in [2.75, 3.05) is 31.7 Å². The zero-order valence-corrected chi connectivity index (χ0v) is 20.0. The monoisotopic (exact) mass is 459 g/mol. The molecule has 0 unspecified atom stereocenters. The van der Waals surface area contributed by atoms with Crippen molar-refractivity contribution in [1.29, 1.82) is 0 Å². The highest BCUT2D eigenvalue weighted by Gasteiger charge is 2.71. The van der Waals surface area contributed by atoms with Crippen LogP contribution in [0.2, 0.25) is 0 Å². The van der Waals surface area contributed by atoms with Gasteiger partial charge in [-0.2, -0.15) is 0 Å². The van der Waals surface area contributed by atoms with Crippen molar-refractivity contribution in [3.8, 4) is 11.5 Å². The number of ether oxygens (including phenoxy) is 2. The summed E-state index contributed by atoms with van der Waals surface area (Å²) in [6, 6.07) is 5.00. The first kappa shape index (κ1) is 19.9. The Balaban J connectivity index is 1.36. The van der Waals surface area contributed by atoms with E-state index in [2.05, 4.69) is 17.0 Å². The molecule has 0 amide bonds. The number of methoxy groups -OCH3 is 1. The fraction of sp³-hybridized carbons (Fsp3) is 0.760. The van der Waals surface area contributed by atoms with Crippen molar-refractivity contribution in [3.63, 3.8) is 0 Å². The van der Waals surface area contributed by atoms with Crippen LogP contribution in [0.4, 0.5) is 0 Å². The molecule has 2 saturated carbocycles. The van der Waals surface area contributed by atoms with Crippen LogP contribution in [0, 0.1) is 11.8 Å². The first-order valence-electron chi connectivity index (χ1n) is 12.2. The van der Waals surface area contributed by atoms with Crippen molar-refractivity contribution in [3.05, 3.63) is 23.3 Å². The van der Waals surface area contributed by atoms with Crippen LogP contribution < -0.4 is 9.47 Å². The Morgan fingerprint density at radius 2 is 2.03 bits per heavy atom. The summed E-state index contributed by atoms with van der Waals surface area (Å²) < 4.78 is 12.9. The second kappa shape index (κ2) is 6.97. The van der Waals surface area contributed by atoms with E-state index in [0.717, 1.165) is 61.2 Å². The predicted molar refractivity (Wildman–Crippen MR) is 126 cm³/mol. The molecule has 168 valence electrons. The van der Waals surface area contributed by atoms with E-state index in [1.54, 1.807) is 7.11 Å². The van der Waals surface area contributed by atoms with E-state index in [-0.39, 0.29) is 16.1 Å². The lowest BCUT2D eigenvalue weighted by Crippen LogP contribution is -2.72. The highest BCUT2D eigenvalue weighted by Crippen LogP contribution is 2.67. The third kappa shape index (κ3) is 2.65. The SMILES string of the molecule is COc1ccc2c3c1O[C@@H]1[C@]34CCN(CC3CC3)[C@H](C2)[C@@H]4CC[C@@]1(O)C1SCCCS1. The van der Waals surface area contributed by atoms with Gasteiger partial charge in [-0.05, 0) is 86.5 Å². The first-order valence-corrected chi connectivity index (χ1v) is 14.3. The van der Waals surface area contributed by atoms with Crippen molar-refractivity contribution >= 4 is 23.5 Å². The van der Waals surface area contributed by atoms with Crippen molar-refractivity contribution < 1.29 is 14.6 Å². The maximum Gasteiger partial charge on any atom is 0.165 e. The number of benzene rings is 1. The highest BCUT2D eigenvalue weighted by atomic mass is 32.2. The van der Waals surface area contributed by atoms with Crippen LogP contribution in [0.5, 0.6) is 11.5 Å². The van der Waals surface area contributed by atoms with E-state index in [9.17, 15) is 5.11 Å². The number of thioether (sulfide) groups is 2. The van der Waals surface area contributed by atoms with E-state index in [4.69, 9.17) is 9.47 Å². The summed E-state index contributed by atoms with van der Waals surface area (Å²) in [5, 5.41) is 12.3. The Bertz CT molecular complexity index is 901. The predicted octanol–water partition coefficient (Wildman–Crippen LogP) is 4.07. The second-order valence-electron chi connectivity index (χ2n) is 10.7. The molecule has 6 aliphatic rings. The van der Waals surface area contributed by atoms with E-state index >= 15 is 0 Å². The van der Waals surface area contributed by atoms with Gasteiger partial charge in [-0.1, -0.05) is 6.07 Å². The molecule has 2 saturated heterocycles. The molecule has 4 nitrogen and oxygen atoms in total. The van der Waals surface area contributed by atoms with Crippen LogP contribution in [0.25, 0.3) is 0 Å². The molecular formula is C25H33NO3S2. The maximum absolute atomic E-state index is 12.3. The lowest BCUT2D eigenvalue weighted by atomic mass is 9.49. The van der Waals surface area contributed by atoms with Crippen LogP contribution in [0.1, 0.15) is 49.7 Å². The molecule has 3 heterocycles. The summed E-state index contributed by atoms with van der Waals surface area (Å²) in [7, 11) is 1.75. The summed E-state index contributed by atoms with van der Waals surface area (Å²) in [4.78, 5) is 2.82. The second-order valence-corrected chi connectivity index (χ2v) is 13.4. The molecule has 3 aliphatic heterocycles. The quantitative estimate of drug-likeness (QED) is 0.732. The topological polar surface area (TPSA) is 41.9 Å². The average molecular weight is 460 g/mol. The van der Waals surface area contributed by atoms with Gasteiger partial charge in [0.15, 0.2) is 11.5 Å². The molecule has 1 N–H and O–H groups in total. The number of hydrogen-bond acceptors (Lipinski definition) is 6. The Morgan fingerprint density at radius 3 is 2.81 bits per heavy atom. The molecule has 31 heavy (non-hydrogen) atoms. The lowest BCUT2D eigenvalue weighted by Gasteiger charge is -2.62. The summed E-state index contributed by atoms with van der Waals surface area (Å²) >= 11 is 3.93. The Kier molecular flexibility index (Phi) is 4.47. The average Bonchev–Trinajstić information content (AvgIpc) is 3.55. The number of piperidine rings is 1. The van der Waals surface area contributed by atoms with Gasteiger partial charge in [0.25, 0.3) is 0 Å². The van der Waals surface area contributed by atoms with Crippen molar-refractivity contribution in [2.24, 2.45) is 11.8 Å². The van der Waals surface area contributed by atoms with E-state index < -0.39 is 5.60 Å². The number of rotatable bonds is 4. The van der Waals surface area contributed by atoms with Crippen molar-refractivity contribution in [2.45, 2.75) is 72.7 Å². The Morgan fingerprint density at radius 1 is 1.19 bits per heavy atom. The maximum atomic E-state index is 12.3. The van der Waals surface area contributed by atoms with Crippen LogP contribution in [-0.4, -0.2) is 64.0 Å². The summed E-state index contributed by atoms with van der Waals surface area (Å²) in [6.07, 6.45) is 8.17. The van der Waals surface area contributed by atoms with Gasteiger partial charge in [-0.15, -0.1) is 23.5 Å². The van der Waals surface area contributed by atoms with Gasteiger partial charge in [0.2, 0.25) is 0 Å². The molecule has 4 fully saturated rings. The zero-order valence-electron chi connectivity index (χ0n) is 18.3. The summed E-state index contributed by atoms with van der Waals surface area (Å²) in [5.41, 5.74) is 2.04. The molecular weight excluding hydrogens is 426 g/mol. The van der Waals surface area contributed by atoms with Crippen LogP contribution in [0.15, 0.2) is 12.1 Å². The van der Waals surface area contributed by atoms with Crippen LogP contribution in [0.3, 0.4) is 0 Å².